The summed E-state index contributed by atoms with van der Waals surface area (Å²) in [4.78, 5) is 12.4. The van der Waals surface area contributed by atoms with Gasteiger partial charge in [-0.15, -0.1) is 0 Å². The maximum atomic E-state index is 12.6. The van der Waals surface area contributed by atoms with E-state index in [0.29, 0.717) is 0 Å². The van der Waals surface area contributed by atoms with Crippen LogP contribution in [-0.4, -0.2) is 44.5 Å². The lowest BCUT2D eigenvalue weighted by Gasteiger charge is -2.22. The molecule has 0 saturated heterocycles. The summed E-state index contributed by atoms with van der Waals surface area (Å²) in [6.07, 6.45) is -10.5. The standard InChI is InChI=1S/C5H4F6O4.C2H2F4/c6-3(12)4(7,5(8,9)10)14-1-13-2-15-11;3-1-2(4,5)6/h1-2H2;1H2. The molecule has 0 radical (unpaired) electrons. The van der Waals surface area contributed by atoms with Crippen molar-refractivity contribution < 1.29 is 63.2 Å². The predicted molar refractivity (Wildman–Crippen MR) is 42.1 cm³/mol. The minimum absolute atomic E-state index is 1.16. The molecule has 0 aromatic rings. The van der Waals surface area contributed by atoms with Crippen LogP contribution in [0.25, 0.3) is 0 Å². The van der Waals surface area contributed by atoms with E-state index in [4.69, 9.17) is 0 Å². The highest BCUT2D eigenvalue weighted by Gasteiger charge is 2.64. The summed E-state index contributed by atoms with van der Waals surface area (Å²) < 4.78 is 119. The third kappa shape index (κ3) is 9.41. The van der Waals surface area contributed by atoms with Crippen LogP contribution in [0, 0.1) is 0 Å². The van der Waals surface area contributed by atoms with Gasteiger partial charge in [-0.1, -0.05) is 0 Å². The first kappa shape index (κ1) is 22.1. The van der Waals surface area contributed by atoms with Crippen LogP contribution in [0.3, 0.4) is 0 Å². The van der Waals surface area contributed by atoms with Gasteiger partial charge in [0.1, 0.15) is 0 Å². The van der Waals surface area contributed by atoms with Crippen LogP contribution in [0.4, 0.5) is 44.0 Å². The summed E-state index contributed by atoms with van der Waals surface area (Å²) in [5.74, 6) is -5.12. The Bertz CT molecular complexity index is 303. The monoisotopic (exact) mass is 344 g/mol. The molecule has 0 bridgehead atoms. The molecule has 21 heavy (non-hydrogen) atoms. The molecule has 0 aliphatic carbocycles. The summed E-state index contributed by atoms with van der Waals surface area (Å²) in [6, 6.07) is -3.39. The van der Waals surface area contributed by atoms with Crippen molar-refractivity contribution in [1.82, 2.24) is 0 Å². The van der Waals surface area contributed by atoms with Gasteiger partial charge >= 0.3 is 24.2 Å². The number of ether oxygens (including phenoxy) is 2. The zero-order valence-electron chi connectivity index (χ0n) is 9.53. The molecule has 1 atom stereocenters. The van der Waals surface area contributed by atoms with Crippen LogP contribution in [0.5, 0.6) is 0 Å². The second kappa shape index (κ2) is 8.99. The first-order valence-corrected chi connectivity index (χ1v) is 4.35. The molecule has 0 N–H and O–H groups in total. The zero-order valence-corrected chi connectivity index (χ0v) is 9.53. The molecule has 0 aromatic carbocycles. The minimum atomic E-state index is -5.90. The van der Waals surface area contributed by atoms with Crippen molar-refractivity contribution in [2.75, 3.05) is 20.3 Å². The Hall–Kier alpha value is -1.15. The average molecular weight is 344 g/mol. The molecule has 1 unspecified atom stereocenters. The van der Waals surface area contributed by atoms with E-state index >= 15 is 0 Å². The van der Waals surface area contributed by atoms with Crippen molar-refractivity contribution in [2.45, 2.75) is 18.2 Å². The van der Waals surface area contributed by atoms with Crippen molar-refractivity contribution >= 4 is 6.04 Å². The second-order valence-electron chi connectivity index (χ2n) is 2.81. The van der Waals surface area contributed by atoms with E-state index in [9.17, 15) is 48.8 Å². The van der Waals surface area contributed by atoms with Crippen LogP contribution in [-0.2, 0) is 19.2 Å². The highest BCUT2D eigenvalue weighted by molar-refractivity contribution is 5.77. The van der Waals surface area contributed by atoms with E-state index in [2.05, 4.69) is 14.4 Å². The van der Waals surface area contributed by atoms with Gasteiger partial charge in [0, 0.05) is 0 Å². The Morgan fingerprint density at radius 1 is 0.952 bits per heavy atom. The Balaban J connectivity index is 0. The van der Waals surface area contributed by atoms with Gasteiger partial charge in [0.2, 0.25) is 0 Å². The molecular weight excluding hydrogens is 338 g/mol. The van der Waals surface area contributed by atoms with Crippen LogP contribution in [0.1, 0.15) is 0 Å². The average Bonchev–Trinajstić information content (AvgIpc) is 2.32. The van der Waals surface area contributed by atoms with Crippen LogP contribution in [0.2, 0.25) is 0 Å². The van der Waals surface area contributed by atoms with E-state index in [1.807, 2.05) is 0 Å². The molecule has 0 aliphatic heterocycles. The quantitative estimate of drug-likeness (QED) is 0.322. The molecule has 0 aliphatic rings. The lowest BCUT2D eigenvalue weighted by atomic mass is 10.3. The summed E-state index contributed by atoms with van der Waals surface area (Å²) in [7, 11) is 0. The van der Waals surface area contributed by atoms with Crippen molar-refractivity contribution in [2.24, 2.45) is 0 Å². The van der Waals surface area contributed by atoms with E-state index < -0.39 is 44.5 Å². The van der Waals surface area contributed by atoms with Crippen molar-refractivity contribution in [3.05, 3.63) is 0 Å². The number of hydrogen-bond donors (Lipinski definition) is 0. The molecule has 0 aromatic heterocycles. The van der Waals surface area contributed by atoms with Gasteiger partial charge < -0.3 is 9.47 Å². The topological polar surface area (TPSA) is 44.8 Å². The van der Waals surface area contributed by atoms with Gasteiger partial charge in [-0.25, -0.2) is 4.39 Å². The first-order valence-electron chi connectivity index (χ1n) is 4.35. The van der Waals surface area contributed by atoms with Gasteiger partial charge in [0.05, 0.1) is 0 Å². The van der Waals surface area contributed by atoms with E-state index in [-0.39, 0.29) is 0 Å². The van der Waals surface area contributed by atoms with Crippen molar-refractivity contribution in [3.8, 4) is 0 Å². The molecule has 0 rings (SSSR count). The van der Waals surface area contributed by atoms with Gasteiger partial charge in [-0.05, 0) is 4.53 Å². The van der Waals surface area contributed by atoms with Crippen molar-refractivity contribution in [1.29, 1.82) is 0 Å². The molecule has 128 valence electrons. The van der Waals surface area contributed by atoms with Gasteiger partial charge in [-0.2, -0.15) is 40.1 Å². The van der Waals surface area contributed by atoms with Gasteiger partial charge in [0.15, 0.2) is 20.3 Å². The summed E-state index contributed by atoms with van der Waals surface area (Å²) in [5.41, 5.74) is 0. The Labute approximate surface area is 109 Å². The molecular formula is C7H6F10O4. The molecule has 0 fully saturated rings. The zero-order chi connectivity index (χ0) is 17.3. The Morgan fingerprint density at radius 2 is 1.38 bits per heavy atom. The molecule has 0 saturated carbocycles. The van der Waals surface area contributed by atoms with Crippen LogP contribution >= 0.6 is 0 Å². The number of halogens is 10. The largest absolute Gasteiger partial charge is 0.459 e. The lowest BCUT2D eigenvalue weighted by Crippen LogP contribution is -2.49. The van der Waals surface area contributed by atoms with Gasteiger partial charge in [0.25, 0.3) is 0 Å². The fraction of sp³-hybridized carbons (Fsp3) is 0.857. The third-order valence-corrected chi connectivity index (χ3v) is 1.24. The summed E-state index contributed by atoms with van der Waals surface area (Å²) in [6.45, 7) is -4.91. The summed E-state index contributed by atoms with van der Waals surface area (Å²) >= 11 is 0. The fourth-order valence-corrected chi connectivity index (χ4v) is 0.438. The number of carbonyl (C=O) groups excluding carboxylic acids is 1. The van der Waals surface area contributed by atoms with E-state index in [1.54, 1.807) is 0 Å². The Kier molecular flexibility index (Phi) is 9.47. The van der Waals surface area contributed by atoms with Crippen LogP contribution in [0.15, 0.2) is 0 Å². The van der Waals surface area contributed by atoms with E-state index in [0.717, 1.165) is 0 Å². The second-order valence-corrected chi connectivity index (χ2v) is 2.81. The first-order chi connectivity index (χ1) is 9.31. The third-order valence-electron chi connectivity index (χ3n) is 1.24. The van der Waals surface area contributed by atoms with E-state index in [1.165, 1.54) is 0 Å². The number of rotatable bonds is 6. The Morgan fingerprint density at radius 3 is 1.62 bits per heavy atom. The highest BCUT2D eigenvalue weighted by Crippen LogP contribution is 2.36. The normalized spacial score (nSPS) is 15.0. The van der Waals surface area contributed by atoms with Crippen molar-refractivity contribution in [3.63, 3.8) is 0 Å². The molecule has 0 heterocycles. The smallest absolute Gasteiger partial charge is 0.326 e. The maximum Gasteiger partial charge on any atom is 0.459 e. The maximum absolute atomic E-state index is 12.6. The number of alkyl halides is 8. The summed E-state index contributed by atoms with van der Waals surface area (Å²) in [5, 5.41) is 0. The minimum Gasteiger partial charge on any atom is -0.326 e. The number of carbonyl (C=O) groups is 1. The lowest BCUT2D eigenvalue weighted by molar-refractivity contribution is -0.345. The highest BCUT2D eigenvalue weighted by atomic mass is 19.4. The van der Waals surface area contributed by atoms with Gasteiger partial charge in [-0.3, -0.25) is 4.79 Å². The molecule has 14 heteroatoms. The SMILES string of the molecule is FCC(F)(F)F.O=C(F)C(F)(OCOCOF)C(F)(F)F. The van der Waals surface area contributed by atoms with Crippen LogP contribution < -0.4 is 0 Å². The molecule has 4 nitrogen and oxygen atoms in total. The molecule has 0 spiro atoms. The molecule has 0 amide bonds. The predicted octanol–water partition coefficient (Wildman–Crippen LogP) is 3.08. The number of hydrogen-bond acceptors (Lipinski definition) is 4. The fourth-order valence-electron chi connectivity index (χ4n) is 0.438.